The number of aliphatic hydroxyl groups excluding tert-OH is 1. The highest BCUT2D eigenvalue weighted by Crippen LogP contribution is 2.36. The van der Waals surface area contributed by atoms with Crippen LogP contribution in [0.15, 0.2) is 47.1 Å². The van der Waals surface area contributed by atoms with Gasteiger partial charge in [0, 0.05) is 28.7 Å². The normalized spacial score (nSPS) is 19.2. The SMILES string of the molecule is OC(Cc1ccc(Br)cn1)C1CCc2ccccc21. The maximum absolute atomic E-state index is 10.5. The molecule has 0 spiro atoms. The minimum Gasteiger partial charge on any atom is -0.392 e. The summed E-state index contributed by atoms with van der Waals surface area (Å²) < 4.78 is 0.969. The molecule has 3 heteroatoms. The Bertz CT molecular complexity index is 567. The Morgan fingerprint density at radius 1 is 1.26 bits per heavy atom. The predicted octanol–water partition coefficient (Wildman–Crippen LogP) is 3.48. The monoisotopic (exact) mass is 317 g/mol. The van der Waals surface area contributed by atoms with Crippen molar-refractivity contribution in [1.29, 1.82) is 0 Å². The van der Waals surface area contributed by atoms with Gasteiger partial charge in [-0.05, 0) is 52.0 Å². The Hall–Kier alpha value is -1.19. The van der Waals surface area contributed by atoms with Crippen LogP contribution >= 0.6 is 15.9 Å². The van der Waals surface area contributed by atoms with Crippen LogP contribution in [0, 0.1) is 0 Å². The van der Waals surface area contributed by atoms with Crippen LogP contribution in [0.3, 0.4) is 0 Å². The van der Waals surface area contributed by atoms with Gasteiger partial charge in [0.2, 0.25) is 0 Å². The van der Waals surface area contributed by atoms with Crippen LogP contribution in [0.2, 0.25) is 0 Å². The van der Waals surface area contributed by atoms with Gasteiger partial charge in [-0.3, -0.25) is 4.98 Å². The summed E-state index contributed by atoms with van der Waals surface area (Å²) in [5, 5.41) is 10.5. The second-order valence-corrected chi connectivity index (χ2v) is 6.00. The molecule has 0 fully saturated rings. The first-order chi connectivity index (χ1) is 9.24. The van der Waals surface area contributed by atoms with Crippen molar-refractivity contribution in [3.63, 3.8) is 0 Å². The van der Waals surface area contributed by atoms with E-state index >= 15 is 0 Å². The lowest BCUT2D eigenvalue weighted by Gasteiger charge is -2.19. The molecule has 19 heavy (non-hydrogen) atoms. The highest BCUT2D eigenvalue weighted by atomic mass is 79.9. The molecule has 0 saturated carbocycles. The smallest absolute Gasteiger partial charge is 0.0664 e. The van der Waals surface area contributed by atoms with E-state index in [1.54, 1.807) is 6.20 Å². The second kappa shape index (κ2) is 5.43. The summed E-state index contributed by atoms with van der Waals surface area (Å²) in [4.78, 5) is 4.34. The molecule has 2 atom stereocenters. The number of aliphatic hydroxyl groups is 1. The Morgan fingerprint density at radius 2 is 2.11 bits per heavy atom. The molecule has 1 aromatic carbocycles. The van der Waals surface area contributed by atoms with Gasteiger partial charge in [-0.25, -0.2) is 0 Å². The third-order valence-corrected chi connectivity index (χ3v) is 4.32. The number of pyridine rings is 1. The number of fused-ring (bicyclic) bond motifs is 1. The molecule has 2 unspecified atom stereocenters. The van der Waals surface area contributed by atoms with Crippen molar-refractivity contribution < 1.29 is 5.11 Å². The van der Waals surface area contributed by atoms with Gasteiger partial charge in [-0.2, -0.15) is 0 Å². The Morgan fingerprint density at radius 3 is 2.89 bits per heavy atom. The van der Waals surface area contributed by atoms with Crippen molar-refractivity contribution in [2.24, 2.45) is 0 Å². The van der Waals surface area contributed by atoms with Crippen LogP contribution in [0.4, 0.5) is 0 Å². The van der Waals surface area contributed by atoms with Crippen LogP contribution < -0.4 is 0 Å². The first kappa shape index (κ1) is 12.8. The highest BCUT2D eigenvalue weighted by molar-refractivity contribution is 9.10. The van der Waals surface area contributed by atoms with E-state index in [0.29, 0.717) is 6.42 Å². The minimum atomic E-state index is -0.350. The lowest BCUT2D eigenvalue weighted by molar-refractivity contribution is 0.142. The molecule has 2 aromatic rings. The van der Waals surface area contributed by atoms with E-state index in [2.05, 4.69) is 45.2 Å². The zero-order valence-corrected chi connectivity index (χ0v) is 12.2. The fourth-order valence-electron chi connectivity index (χ4n) is 2.87. The quantitative estimate of drug-likeness (QED) is 0.940. The summed E-state index contributed by atoms with van der Waals surface area (Å²) in [7, 11) is 0. The molecule has 0 radical (unpaired) electrons. The van der Waals surface area contributed by atoms with Gasteiger partial charge in [0.15, 0.2) is 0 Å². The van der Waals surface area contributed by atoms with Gasteiger partial charge in [-0.15, -0.1) is 0 Å². The van der Waals surface area contributed by atoms with Crippen LogP contribution in [0.5, 0.6) is 0 Å². The maximum atomic E-state index is 10.5. The average molecular weight is 318 g/mol. The molecule has 1 aromatic heterocycles. The highest BCUT2D eigenvalue weighted by Gasteiger charge is 2.28. The molecule has 3 rings (SSSR count). The third-order valence-electron chi connectivity index (χ3n) is 3.85. The second-order valence-electron chi connectivity index (χ2n) is 5.08. The average Bonchev–Trinajstić information content (AvgIpc) is 2.85. The first-order valence-electron chi connectivity index (χ1n) is 6.60. The number of rotatable bonds is 3. The molecule has 0 aliphatic heterocycles. The van der Waals surface area contributed by atoms with Crippen molar-refractivity contribution in [3.8, 4) is 0 Å². The summed E-state index contributed by atoms with van der Waals surface area (Å²) >= 11 is 3.37. The lowest BCUT2D eigenvalue weighted by atomic mass is 9.92. The number of nitrogens with zero attached hydrogens (tertiary/aromatic N) is 1. The van der Waals surface area contributed by atoms with Crippen LogP contribution in [0.25, 0.3) is 0 Å². The minimum absolute atomic E-state index is 0.252. The molecule has 1 N–H and O–H groups in total. The zero-order valence-electron chi connectivity index (χ0n) is 10.6. The van der Waals surface area contributed by atoms with Gasteiger partial charge < -0.3 is 5.11 Å². The first-order valence-corrected chi connectivity index (χ1v) is 7.39. The molecule has 0 amide bonds. The number of aromatic nitrogens is 1. The molecule has 2 nitrogen and oxygen atoms in total. The van der Waals surface area contributed by atoms with E-state index in [4.69, 9.17) is 0 Å². The van der Waals surface area contributed by atoms with Crippen molar-refractivity contribution in [1.82, 2.24) is 4.98 Å². The molecule has 1 aliphatic rings. The van der Waals surface area contributed by atoms with Gasteiger partial charge in [-0.1, -0.05) is 24.3 Å². The molecule has 0 saturated heterocycles. The number of hydrogen-bond donors (Lipinski definition) is 1. The number of benzene rings is 1. The van der Waals surface area contributed by atoms with Crippen molar-refractivity contribution in [2.45, 2.75) is 31.3 Å². The van der Waals surface area contributed by atoms with Crippen LogP contribution in [0.1, 0.15) is 29.2 Å². The van der Waals surface area contributed by atoms with Crippen LogP contribution in [-0.2, 0) is 12.8 Å². The number of hydrogen-bond acceptors (Lipinski definition) is 2. The van der Waals surface area contributed by atoms with Gasteiger partial charge >= 0.3 is 0 Å². The Labute approximate surface area is 121 Å². The van der Waals surface area contributed by atoms with Gasteiger partial charge in [0.05, 0.1) is 6.10 Å². The fraction of sp³-hybridized carbons (Fsp3) is 0.312. The molecule has 1 heterocycles. The third kappa shape index (κ3) is 2.72. The van der Waals surface area contributed by atoms with E-state index in [-0.39, 0.29) is 12.0 Å². The summed E-state index contributed by atoms with van der Waals surface area (Å²) in [6.07, 6.45) is 4.16. The maximum Gasteiger partial charge on any atom is 0.0664 e. The Balaban J connectivity index is 1.75. The van der Waals surface area contributed by atoms with Crippen molar-refractivity contribution >= 4 is 15.9 Å². The topological polar surface area (TPSA) is 33.1 Å². The summed E-state index contributed by atoms with van der Waals surface area (Å²) in [6.45, 7) is 0. The molecule has 1 aliphatic carbocycles. The van der Waals surface area contributed by atoms with E-state index in [0.717, 1.165) is 23.0 Å². The predicted molar refractivity (Wildman–Crippen MR) is 79.2 cm³/mol. The van der Waals surface area contributed by atoms with E-state index in [1.165, 1.54) is 11.1 Å². The zero-order chi connectivity index (χ0) is 13.2. The Kier molecular flexibility index (Phi) is 3.67. The van der Waals surface area contributed by atoms with Crippen molar-refractivity contribution in [2.75, 3.05) is 0 Å². The van der Waals surface area contributed by atoms with Crippen molar-refractivity contribution in [3.05, 3.63) is 63.9 Å². The number of aryl methyl sites for hydroxylation is 1. The molecular weight excluding hydrogens is 302 g/mol. The van der Waals surface area contributed by atoms with Crippen LogP contribution in [-0.4, -0.2) is 16.2 Å². The van der Waals surface area contributed by atoms with E-state index < -0.39 is 0 Å². The van der Waals surface area contributed by atoms with Gasteiger partial charge in [0.25, 0.3) is 0 Å². The largest absolute Gasteiger partial charge is 0.392 e. The summed E-state index contributed by atoms with van der Waals surface area (Å²) in [5.41, 5.74) is 3.64. The summed E-state index contributed by atoms with van der Waals surface area (Å²) in [5.74, 6) is 0.252. The molecular formula is C16H16BrNO. The van der Waals surface area contributed by atoms with E-state index in [9.17, 15) is 5.11 Å². The van der Waals surface area contributed by atoms with E-state index in [1.807, 2.05) is 12.1 Å². The molecule has 0 bridgehead atoms. The van der Waals surface area contributed by atoms with Gasteiger partial charge in [0.1, 0.15) is 0 Å². The summed E-state index contributed by atoms with van der Waals surface area (Å²) in [6, 6.07) is 12.4. The fourth-order valence-corrected chi connectivity index (χ4v) is 3.11. The lowest BCUT2D eigenvalue weighted by Crippen LogP contribution is -2.19. The standard InChI is InChI=1S/C16H16BrNO/c17-12-6-7-13(18-10-12)9-16(19)15-8-5-11-3-1-2-4-14(11)15/h1-4,6-7,10,15-16,19H,5,8-9H2. The molecule has 98 valence electrons. The number of halogens is 1.